The van der Waals surface area contributed by atoms with Gasteiger partial charge in [0.2, 0.25) is 11.8 Å². The number of nitrogens with zero attached hydrogens (tertiary/aromatic N) is 1. The van der Waals surface area contributed by atoms with Crippen LogP contribution >= 0.6 is 0 Å². The van der Waals surface area contributed by atoms with Gasteiger partial charge in [0.05, 0.1) is 6.42 Å². The Morgan fingerprint density at radius 1 is 1.11 bits per heavy atom. The number of unbranched alkanes of at least 4 members (excludes halogenated alkanes) is 1. The topological polar surface area (TPSA) is 49.4 Å². The second-order valence-corrected chi connectivity index (χ2v) is 7.13. The zero-order valence-electron chi connectivity index (χ0n) is 16.9. The van der Waals surface area contributed by atoms with Crippen molar-refractivity contribution in [1.29, 1.82) is 0 Å². The number of carbonyl (C=O) groups excluding carboxylic acids is 2. The molecule has 2 aromatic rings. The van der Waals surface area contributed by atoms with Crippen LogP contribution in [0.15, 0.2) is 48.5 Å². The Kier molecular flexibility index (Phi) is 8.18. The molecule has 4 nitrogen and oxygen atoms in total. The van der Waals surface area contributed by atoms with E-state index >= 15 is 0 Å². The van der Waals surface area contributed by atoms with Gasteiger partial charge >= 0.3 is 0 Å². The van der Waals surface area contributed by atoms with Gasteiger partial charge in [0, 0.05) is 13.1 Å². The van der Waals surface area contributed by atoms with Crippen molar-refractivity contribution in [1.82, 2.24) is 10.2 Å². The summed E-state index contributed by atoms with van der Waals surface area (Å²) in [5.74, 6) is -0.632. The number of benzene rings is 2. The average molecular weight is 384 g/mol. The number of rotatable bonds is 9. The molecule has 0 aromatic heterocycles. The van der Waals surface area contributed by atoms with Crippen molar-refractivity contribution in [3.63, 3.8) is 0 Å². The molecule has 0 heterocycles. The molecule has 0 spiro atoms. The first-order valence-corrected chi connectivity index (χ1v) is 9.78. The lowest BCUT2D eigenvalue weighted by atomic mass is 10.1. The summed E-state index contributed by atoms with van der Waals surface area (Å²) in [7, 11) is 0. The van der Waals surface area contributed by atoms with Crippen LogP contribution in [0, 0.1) is 12.7 Å². The van der Waals surface area contributed by atoms with Gasteiger partial charge in [-0.2, -0.15) is 0 Å². The largest absolute Gasteiger partial charge is 0.354 e. The molecule has 0 saturated carbocycles. The molecule has 0 saturated heterocycles. The monoisotopic (exact) mass is 384 g/mol. The van der Waals surface area contributed by atoms with Gasteiger partial charge in [-0.05, 0) is 43.5 Å². The predicted octanol–water partition coefficient (Wildman–Crippen LogP) is 4.01. The number of hydrogen-bond acceptors (Lipinski definition) is 2. The maximum atomic E-state index is 13.2. The highest BCUT2D eigenvalue weighted by Gasteiger charge is 2.26. The zero-order chi connectivity index (χ0) is 20.5. The number of aryl methyl sites for hydroxylation is 1. The Bertz CT molecular complexity index is 789. The summed E-state index contributed by atoms with van der Waals surface area (Å²) in [6.45, 7) is 6.62. The molecule has 0 radical (unpaired) electrons. The first-order valence-electron chi connectivity index (χ1n) is 9.78. The van der Waals surface area contributed by atoms with Gasteiger partial charge in [0.1, 0.15) is 11.9 Å². The molecule has 0 aliphatic carbocycles. The van der Waals surface area contributed by atoms with E-state index in [9.17, 15) is 14.0 Å². The second-order valence-electron chi connectivity index (χ2n) is 7.13. The fourth-order valence-corrected chi connectivity index (χ4v) is 3.00. The molecule has 28 heavy (non-hydrogen) atoms. The Morgan fingerprint density at radius 3 is 2.46 bits per heavy atom. The van der Waals surface area contributed by atoms with Crippen LogP contribution in [0.25, 0.3) is 0 Å². The van der Waals surface area contributed by atoms with E-state index in [-0.39, 0.29) is 30.6 Å². The van der Waals surface area contributed by atoms with Crippen LogP contribution in [0.3, 0.4) is 0 Å². The maximum Gasteiger partial charge on any atom is 0.242 e. The number of amides is 2. The number of nitrogens with one attached hydrogen (secondary N) is 1. The Balaban J connectivity index is 2.17. The van der Waals surface area contributed by atoms with Gasteiger partial charge in [-0.25, -0.2) is 4.39 Å². The predicted molar refractivity (Wildman–Crippen MR) is 109 cm³/mol. The lowest BCUT2D eigenvalue weighted by molar-refractivity contribution is -0.140. The number of carbonyl (C=O) groups is 2. The van der Waals surface area contributed by atoms with Gasteiger partial charge in [-0.1, -0.05) is 55.3 Å². The van der Waals surface area contributed by atoms with E-state index < -0.39 is 6.04 Å². The average Bonchev–Trinajstić information content (AvgIpc) is 2.67. The van der Waals surface area contributed by atoms with Gasteiger partial charge in [-0.15, -0.1) is 0 Å². The minimum Gasteiger partial charge on any atom is -0.354 e. The van der Waals surface area contributed by atoms with E-state index in [0.29, 0.717) is 6.54 Å². The first kappa shape index (κ1) is 21.6. The molecule has 0 bridgehead atoms. The number of hydrogen-bond donors (Lipinski definition) is 1. The lowest BCUT2D eigenvalue weighted by Gasteiger charge is -2.29. The molecule has 2 amide bonds. The third-order valence-electron chi connectivity index (χ3n) is 4.70. The van der Waals surface area contributed by atoms with E-state index in [2.05, 4.69) is 12.2 Å². The van der Waals surface area contributed by atoms with Gasteiger partial charge in [0.15, 0.2) is 0 Å². The van der Waals surface area contributed by atoms with Crippen LogP contribution in [0.4, 0.5) is 4.39 Å². The van der Waals surface area contributed by atoms with E-state index in [0.717, 1.165) is 29.5 Å². The van der Waals surface area contributed by atoms with E-state index in [4.69, 9.17) is 0 Å². The molecular formula is C23H29FN2O2. The van der Waals surface area contributed by atoms with Crippen molar-refractivity contribution < 1.29 is 14.0 Å². The van der Waals surface area contributed by atoms with Crippen molar-refractivity contribution in [2.75, 3.05) is 6.54 Å². The van der Waals surface area contributed by atoms with Crippen LogP contribution in [0.2, 0.25) is 0 Å². The van der Waals surface area contributed by atoms with Gasteiger partial charge < -0.3 is 10.2 Å². The van der Waals surface area contributed by atoms with Crippen molar-refractivity contribution in [3.8, 4) is 0 Å². The molecule has 1 N–H and O–H groups in total. The molecule has 1 atom stereocenters. The highest BCUT2D eigenvalue weighted by Crippen LogP contribution is 2.14. The Hall–Kier alpha value is -2.69. The molecule has 0 aliphatic heterocycles. The SMILES string of the molecule is CCCCNC(=O)C(C)N(Cc1ccc(F)cc1)C(=O)Cc1cccc(C)c1. The quantitative estimate of drug-likeness (QED) is 0.664. The van der Waals surface area contributed by atoms with Gasteiger partial charge in [-0.3, -0.25) is 9.59 Å². The molecule has 5 heteroatoms. The smallest absolute Gasteiger partial charge is 0.242 e. The van der Waals surface area contributed by atoms with E-state index in [1.807, 2.05) is 31.2 Å². The fraction of sp³-hybridized carbons (Fsp3) is 0.391. The normalized spacial score (nSPS) is 11.7. The van der Waals surface area contributed by atoms with Crippen molar-refractivity contribution in [2.45, 2.75) is 52.6 Å². The van der Waals surface area contributed by atoms with Crippen molar-refractivity contribution in [3.05, 3.63) is 71.0 Å². The summed E-state index contributed by atoms with van der Waals surface area (Å²) < 4.78 is 13.2. The standard InChI is InChI=1S/C23H29FN2O2/c1-4-5-13-25-23(28)18(3)26(16-19-9-11-21(24)12-10-19)22(27)15-20-8-6-7-17(2)14-20/h6-12,14,18H,4-5,13,15-16H2,1-3H3,(H,25,28). The van der Waals surface area contributed by atoms with Crippen LogP contribution in [-0.2, 0) is 22.6 Å². The molecule has 2 rings (SSSR count). The summed E-state index contributed by atoms with van der Waals surface area (Å²) in [5, 5.41) is 2.89. The summed E-state index contributed by atoms with van der Waals surface area (Å²) in [6.07, 6.45) is 2.10. The summed E-state index contributed by atoms with van der Waals surface area (Å²) in [5.41, 5.74) is 2.78. The highest BCUT2D eigenvalue weighted by atomic mass is 19.1. The van der Waals surface area contributed by atoms with Crippen LogP contribution < -0.4 is 5.32 Å². The second kappa shape index (κ2) is 10.6. The molecule has 150 valence electrons. The number of halogens is 1. The molecule has 0 fully saturated rings. The van der Waals surface area contributed by atoms with Crippen LogP contribution in [0.1, 0.15) is 43.4 Å². The molecular weight excluding hydrogens is 355 g/mol. The third-order valence-corrected chi connectivity index (χ3v) is 4.70. The lowest BCUT2D eigenvalue weighted by Crippen LogP contribution is -2.48. The first-order chi connectivity index (χ1) is 13.4. The maximum absolute atomic E-state index is 13.2. The van der Waals surface area contributed by atoms with Crippen molar-refractivity contribution in [2.24, 2.45) is 0 Å². The molecule has 1 unspecified atom stereocenters. The van der Waals surface area contributed by atoms with Gasteiger partial charge in [0.25, 0.3) is 0 Å². The van der Waals surface area contributed by atoms with E-state index in [1.54, 1.807) is 24.0 Å². The van der Waals surface area contributed by atoms with Crippen molar-refractivity contribution >= 4 is 11.8 Å². The minimum atomic E-state index is -0.612. The molecule has 2 aromatic carbocycles. The fourth-order valence-electron chi connectivity index (χ4n) is 3.00. The summed E-state index contributed by atoms with van der Waals surface area (Å²) >= 11 is 0. The Labute approximate surface area is 166 Å². The molecule has 0 aliphatic rings. The third kappa shape index (κ3) is 6.48. The summed E-state index contributed by atoms with van der Waals surface area (Å²) in [6, 6.07) is 13.2. The Morgan fingerprint density at radius 2 is 1.82 bits per heavy atom. The van der Waals surface area contributed by atoms with Crippen LogP contribution in [-0.4, -0.2) is 29.3 Å². The van der Waals surface area contributed by atoms with E-state index in [1.165, 1.54) is 12.1 Å². The summed E-state index contributed by atoms with van der Waals surface area (Å²) in [4.78, 5) is 27.2. The van der Waals surface area contributed by atoms with Crippen LogP contribution in [0.5, 0.6) is 0 Å². The highest BCUT2D eigenvalue weighted by molar-refractivity contribution is 5.88. The zero-order valence-corrected chi connectivity index (χ0v) is 16.9. The minimum absolute atomic E-state index is 0.131.